The molecule has 7 nitrogen and oxygen atoms in total. The summed E-state index contributed by atoms with van der Waals surface area (Å²) in [6.07, 6.45) is 1.84. The van der Waals surface area contributed by atoms with Gasteiger partial charge in [0.25, 0.3) is 0 Å². The number of fused-ring (bicyclic) bond motifs is 1. The number of hydrogen-bond donors (Lipinski definition) is 1. The Labute approximate surface area is 135 Å². The summed E-state index contributed by atoms with van der Waals surface area (Å²) in [5.41, 5.74) is 3.61. The van der Waals surface area contributed by atoms with E-state index in [0.29, 0.717) is 17.1 Å². The molecule has 0 saturated carbocycles. The Morgan fingerprint density at radius 3 is 2.57 bits per heavy atom. The molecule has 0 fully saturated rings. The molecule has 0 amide bonds. The lowest BCUT2D eigenvalue weighted by molar-refractivity contribution is 0.579. The smallest absolute Gasteiger partial charge is 0.244 e. The van der Waals surface area contributed by atoms with Gasteiger partial charge < -0.3 is 4.40 Å². The second kappa shape index (κ2) is 5.47. The first kappa shape index (κ1) is 15.7. The summed E-state index contributed by atoms with van der Waals surface area (Å²) in [5, 5.41) is 4.16. The van der Waals surface area contributed by atoms with Crippen LogP contribution in [0.2, 0.25) is 0 Å². The van der Waals surface area contributed by atoms with Crippen LogP contribution < -0.4 is 4.72 Å². The van der Waals surface area contributed by atoms with Crippen molar-refractivity contribution in [1.82, 2.24) is 23.9 Å². The predicted molar refractivity (Wildman–Crippen MR) is 86.6 cm³/mol. The number of aryl methyl sites for hydroxylation is 3. The molecule has 0 radical (unpaired) electrons. The van der Waals surface area contributed by atoms with Gasteiger partial charge in [0.1, 0.15) is 10.5 Å². The fourth-order valence-electron chi connectivity index (χ4n) is 2.67. The van der Waals surface area contributed by atoms with Crippen molar-refractivity contribution in [2.45, 2.75) is 32.2 Å². The number of sulfonamides is 1. The van der Waals surface area contributed by atoms with E-state index in [2.05, 4.69) is 14.8 Å². The van der Waals surface area contributed by atoms with E-state index >= 15 is 0 Å². The summed E-state index contributed by atoms with van der Waals surface area (Å²) in [6.45, 7) is 5.54. The lowest BCUT2D eigenvalue weighted by Crippen LogP contribution is -2.24. The highest BCUT2D eigenvalue weighted by Crippen LogP contribution is 2.18. The molecule has 0 aliphatic carbocycles. The molecule has 3 heterocycles. The molecule has 3 aromatic heterocycles. The Kier molecular flexibility index (Phi) is 3.73. The van der Waals surface area contributed by atoms with Crippen molar-refractivity contribution >= 4 is 15.7 Å². The third-order valence-electron chi connectivity index (χ3n) is 3.90. The molecule has 0 saturated heterocycles. The van der Waals surface area contributed by atoms with Crippen LogP contribution in [-0.4, -0.2) is 27.6 Å². The maximum absolute atomic E-state index is 12.5. The molecule has 23 heavy (non-hydrogen) atoms. The molecule has 0 aromatic carbocycles. The zero-order valence-corrected chi connectivity index (χ0v) is 14.3. The minimum absolute atomic E-state index is 0.136. The first-order chi connectivity index (χ1) is 10.8. The Morgan fingerprint density at radius 1 is 1.22 bits per heavy atom. The van der Waals surface area contributed by atoms with Gasteiger partial charge in [0, 0.05) is 18.9 Å². The van der Waals surface area contributed by atoms with Crippen LogP contribution >= 0.6 is 0 Å². The maximum atomic E-state index is 12.5. The van der Waals surface area contributed by atoms with Crippen LogP contribution in [0.4, 0.5) is 0 Å². The van der Waals surface area contributed by atoms with E-state index in [-0.39, 0.29) is 11.4 Å². The van der Waals surface area contributed by atoms with E-state index in [1.54, 1.807) is 25.6 Å². The summed E-state index contributed by atoms with van der Waals surface area (Å²) in [4.78, 5) is 4.67. The van der Waals surface area contributed by atoms with Crippen molar-refractivity contribution in [1.29, 1.82) is 0 Å². The Bertz CT molecular complexity index is 985. The van der Waals surface area contributed by atoms with E-state index < -0.39 is 10.0 Å². The molecule has 1 N–H and O–H groups in total. The van der Waals surface area contributed by atoms with Gasteiger partial charge in [0.2, 0.25) is 10.0 Å². The normalized spacial score (nSPS) is 12.2. The predicted octanol–water partition coefficient (Wildman–Crippen LogP) is 1.47. The molecule has 0 spiro atoms. The lowest BCUT2D eigenvalue weighted by Gasteiger charge is -2.05. The Balaban J connectivity index is 1.87. The van der Waals surface area contributed by atoms with Crippen LogP contribution in [0.25, 0.3) is 5.65 Å². The molecule has 0 aliphatic heterocycles. The van der Waals surface area contributed by atoms with Crippen molar-refractivity contribution in [3.05, 3.63) is 47.2 Å². The van der Waals surface area contributed by atoms with Gasteiger partial charge in [-0.1, -0.05) is 6.07 Å². The number of rotatable bonds is 4. The Hall–Kier alpha value is -2.19. The molecule has 0 bridgehead atoms. The molecule has 122 valence electrons. The average molecular weight is 333 g/mol. The zero-order valence-electron chi connectivity index (χ0n) is 13.5. The number of hydrogen-bond acceptors (Lipinski definition) is 4. The highest BCUT2D eigenvalue weighted by atomic mass is 32.2. The molecule has 8 heteroatoms. The minimum atomic E-state index is -3.63. The highest BCUT2D eigenvalue weighted by Gasteiger charge is 2.23. The van der Waals surface area contributed by atoms with Crippen LogP contribution in [0.15, 0.2) is 29.3 Å². The third-order valence-corrected chi connectivity index (χ3v) is 5.55. The minimum Gasteiger partial charge on any atom is -0.304 e. The fourth-order valence-corrected chi connectivity index (χ4v) is 4.10. The van der Waals surface area contributed by atoms with Gasteiger partial charge in [-0.15, -0.1) is 0 Å². The molecule has 3 aromatic rings. The van der Waals surface area contributed by atoms with Gasteiger partial charge in [-0.05, 0) is 32.9 Å². The molecule has 0 aliphatic rings. The second-order valence-electron chi connectivity index (χ2n) is 5.58. The first-order valence-electron chi connectivity index (χ1n) is 7.23. The summed E-state index contributed by atoms with van der Waals surface area (Å²) in [7, 11) is -1.90. The van der Waals surface area contributed by atoms with Crippen LogP contribution in [0.3, 0.4) is 0 Å². The van der Waals surface area contributed by atoms with Crippen molar-refractivity contribution in [2.75, 3.05) is 0 Å². The molecular weight excluding hydrogens is 314 g/mol. The van der Waals surface area contributed by atoms with Crippen molar-refractivity contribution in [3.63, 3.8) is 0 Å². The standard InChI is InChI=1S/C15H19N5O2S/c1-10-6-5-7-14-17-13(9-20(10)14)8-16-23(21,22)15-11(2)18-19(4)12(15)3/h5-7,9,16H,8H2,1-4H3. The van der Waals surface area contributed by atoms with Gasteiger partial charge in [0.15, 0.2) is 0 Å². The number of imidazole rings is 1. The van der Waals surface area contributed by atoms with Crippen molar-refractivity contribution in [2.24, 2.45) is 7.05 Å². The largest absolute Gasteiger partial charge is 0.304 e. The van der Waals surface area contributed by atoms with Crippen molar-refractivity contribution in [3.8, 4) is 0 Å². The SMILES string of the molecule is Cc1nn(C)c(C)c1S(=O)(=O)NCc1cn2c(C)cccc2n1. The van der Waals surface area contributed by atoms with Crippen LogP contribution in [0, 0.1) is 20.8 Å². The number of nitrogens with one attached hydrogen (secondary N) is 1. The molecular formula is C15H19N5O2S. The van der Waals surface area contributed by atoms with Crippen LogP contribution in [0.5, 0.6) is 0 Å². The Morgan fingerprint density at radius 2 is 1.96 bits per heavy atom. The molecule has 0 atom stereocenters. The van der Waals surface area contributed by atoms with E-state index in [9.17, 15) is 8.42 Å². The molecule has 3 rings (SSSR count). The van der Waals surface area contributed by atoms with E-state index in [0.717, 1.165) is 11.3 Å². The lowest BCUT2D eigenvalue weighted by atomic mass is 10.4. The van der Waals surface area contributed by atoms with Crippen LogP contribution in [0.1, 0.15) is 22.8 Å². The van der Waals surface area contributed by atoms with Gasteiger partial charge in [-0.25, -0.2) is 18.1 Å². The van der Waals surface area contributed by atoms with Gasteiger partial charge in [0.05, 0.1) is 23.6 Å². The topological polar surface area (TPSA) is 81.3 Å². The van der Waals surface area contributed by atoms with Crippen LogP contribution in [-0.2, 0) is 23.6 Å². The second-order valence-corrected chi connectivity index (χ2v) is 7.28. The monoisotopic (exact) mass is 333 g/mol. The first-order valence-corrected chi connectivity index (χ1v) is 8.71. The van der Waals surface area contributed by atoms with E-state index in [1.807, 2.05) is 35.7 Å². The van der Waals surface area contributed by atoms with E-state index in [4.69, 9.17) is 0 Å². The average Bonchev–Trinajstić information content (AvgIpc) is 3.00. The summed E-state index contributed by atoms with van der Waals surface area (Å²) in [6, 6.07) is 5.79. The summed E-state index contributed by atoms with van der Waals surface area (Å²) < 4.78 is 31.2. The zero-order chi connectivity index (χ0) is 16.8. The molecule has 0 unspecified atom stereocenters. The fraction of sp³-hybridized carbons (Fsp3) is 0.333. The van der Waals surface area contributed by atoms with Gasteiger partial charge in [-0.2, -0.15) is 5.10 Å². The summed E-state index contributed by atoms with van der Waals surface area (Å²) >= 11 is 0. The quantitative estimate of drug-likeness (QED) is 0.784. The number of aromatic nitrogens is 4. The highest BCUT2D eigenvalue weighted by molar-refractivity contribution is 7.89. The maximum Gasteiger partial charge on any atom is 0.244 e. The van der Waals surface area contributed by atoms with Crippen molar-refractivity contribution < 1.29 is 8.42 Å². The van der Waals surface area contributed by atoms with Gasteiger partial charge in [-0.3, -0.25) is 4.68 Å². The summed E-state index contributed by atoms with van der Waals surface area (Å²) in [5.74, 6) is 0. The third kappa shape index (κ3) is 2.75. The van der Waals surface area contributed by atoms with Gasteiger partial charge >= 0.3 is 0 Å². The number of pyridine rings is 1. The number of nitrogens with zero attached hydrogens (tertiary/aromatic N) is 4. The van der Waals surface area contributed by atoms with E-state index in [1.165, 1.54) is 0 Å².